The van der Waals surface area contributed by atoms with Gasteiger partial charge in [-0.2, -0.15) is 0 Å². The summed E-state index contributed by atoms with van der Waals surface area (Å²) in [4.78, 5) is 2.02. The van der Waals surface area contributed by atoms with Gasteiger partial charge in [0.15, 0.2) is 0 Å². The molecule has 0 aliphatic rings. The number of ether oxygens (including phenoxy) is 1. The third kappa shape index (κ3) is 4.03. The van der Waals surface area contributed by atoms with Gasteiger partial charge in [0.2, 0.25) is 0 Å². The zero-order valence-electron chi connectivity index (χ0n) is 11.0. The summed E-state index contributed by atoms with van der Waals surface area (Å²) in [5.74, 6) is -0.00737. The summed E-state index contributed by atoms with van der Waals surface area (Å²) in [5, 5.41) is 0.0486. The predicted octanol–water partition coefficient (Wildman–Crippen LogP) is 3.17. The van der Waals surface area contributed by atoms with Gasteiger partial charge in [-0.3, -0.25) is 0 Å². The van der Waals surface area contributed by atoms with Gasteiger partial charge in [0.25, 0.3) is 0 Å². The van der Waals surface area contributed by atoms with Crippen molar-refractivity contribution in [2.75, 3.05) is 37.4 Å². The van der Waals surface area contributed by atoms with Crippen molar-refractivity contribution in [3.8, 4) is 0 Å². The Hall–Kier alpha value is -1.00. The lowest BCUT2D eigenvalue weighted by Gasteiger charge is -2.27. The van der Waals surface area contributed by atoms with Crippen LogP contribution < -0.4 is 10.6 Å². The average molecular weight is 275 g/mol. The number of nitrogen functional groups attached to an aromatic ring is 1. The van der Waals surface area contributed by atoms with Crippen LogP contribution in [0, 0.1) is 11.7 Å². The summed E-state index contributed by atoms with van der Waals surface area (Å²) in [6.45, 7) is 6.22. The van der Waals surface area contributed by atoms with E-state index in [0.29, 0.717) is 30.4 Å². The molecule has 0 spiro atoms. The quantitative estimate of drug-likeness (QED) is 0.810. The molecular weight excluding hydrogens is 255 g/mol. The van der Waals surface area contributed by atoms with E-state index in [1.54, 1.807) is 7.11 Å². The summed E-state index contributed by atoms with van der Waals surface area (Å²) < 4.78 is 18.6. The molecule has 3 nitrogen and oxygen atoms in total. The van der Waals surface area contributed by atoms with Crippen molar-refractivity contribution in [2.45, 2.75) is 13.8 Å². The van der Waals surface area contributed by atoms with Crippen molar-refractivity contribution in [1.82, 2.24) is 0 Å². The molecule has 0 aromatic heterocycles. The van der Waals surface area contributed by atoms with Gasteiger partial charge in [-0.25, -0.2) is 4.39 Å². The molecule has 0 aliphatic heterocycles. The van der Waals surface area contributed by atoms with Gasteiger partial charge < -0.3 is 15.4 Å². The van der Waals surface area contributed by atoms with Crippen LogP contribution in [-0.2, 0) is 4.74 Å². The first-order chi connectivity index (χ1) is 8.45. The molecule has 2 N–H and O–H groups in total. The highest BCUT2D eigenvalue weighted by atomic mass is 35.5. The van der Waals surface area contributed by atoms with Gasteiger partial charge in [0.05, 0.1) is 23.0 Å². The van der Waals surface area contributed by atoms with Crippen LogP contribution in [0.25, 0.3) is 0 Å². The highest BCUT2D eigenvalue weighted by Gasteiger charge is 2.14. The Bertz CT molecular complexity index is 399. The van der Waals surface area contributed by atoms with E-state index in [9.17, 15) is 4.39 Å². The minimum Gasteiger partial charge on any atom is -0.397 e. The van der Waals surface area contributed by atoms with E-state index >= 15 is 0 Å². The third-order valence-corrected chi connectivity index (χ3v) is 2.85. The molecule has 0 fully saturated rings. The van der Waals surface area contributed by atoms with E-state index in [-0.39, 0.29) is 5.02 Å². The van der Waals surface area contributed by atoms with Crippen LogP contribution in [0.3, 0.4) is 0 Å². The van der Waals surface area contributed by atoms with Crippen LogP contribution in [0.1, 0.15) is 13.8 Å². The molecule has 0 bridgehead atoms. The average Bonchev–Trinajstić information content (AvgIpc) is 2.29. The van der Waals surface area contributed by atoms with Crippen molar-refractivity contribution in [1.29, 1.82) is 0 Å². The van der Waals surface area contributed by atoms with Gasteiger partial charge in [0, 0.05) is 26.3 Å². The van der Waals surface area contributed by atoms with Crippen LogP contribution in [0.4, 0.5) is 15.8 Å². The number of hydrogen-bond donors (Lipinski definition) is 1. The van der Waals surface area contributed by atoms with Crippen molar-refractivity contribution in [3.05, 3.63) is 23.0 Å². The van der Waals surface area contributed by atoms with Gasteiger partial charge in [-0.15, -0.1) is 0 Å². The summed E-state index contributed by atoms with van der Waals surface area (Å²) in [6.07, 6.45) is 0. The number of methoxy groups -OCH3 is 1. The lowest BCUT2D eigenvalue weighted by Crippen LogP contribution is -2.31. The lowest BCUT2D eigenvalue weighted by molar-refractivity contribution is 0.204. The fraction of sp³-hybridized carbons (Fsp3) is 0.538. The minimum atomic E-state index is -0.452. The molecule has 5 heteroatoms. The maximum Gasteiger partial charge on any atom is 0.144 e. The van der Waals surface area contributed by atoms with Crippen molar-refractivity contribution in [2.24, 2.45) is 5.92 Å². The van der Waals surface area contributed by atoms with E-state index in [1.165, 1.54) is 12.1 Å². The molecule has 0 saturated carbocycles. The summed E-state index contributed by atoms with van der Waals surface area (Å²) in [6, 6.07) is 2.84. The first-order valence-corrected chi connectivity index (χ1v) is 6.32. The van der Waals surface area contributed by atoms with Gasteiger partial charge in [-0.1, -0.05) is 25.4 Å². The number of nitrogens with zero attached hydrogens (tertiary/aromatic N) is 1. The molecule has 0 saturated heterocycles. The first-order valence-electron chi connectivity index (χ1n) is 5.94. The molecule has 1 rings (SSSR count). The molecule has 0 aliphatic carbocycles. The highest BCUT2D eigenvalue weighted by molar-refractivity contribution is 6.31. The van der Waals surface area contributed by atoms with E-state index in [4.69, 9.17) is 22.1 Å². The normalized spacial score (nSPS) is 11.0. The number of rotatable bonds is 6. The largest absolute Gasteiger partial charge is 0.397 e. The standard InChI is InChI=1S/C13H20ClFN2O/c1-9(2)8-17(4-5-18-3)13-7-11(15)10(14)6-12(13)16/h6-7,9H,4-5,8,16H2,1-3H3. The molecule has 0 amide bonds. The molecule has 0 radical (unpaired) electrons. The Morgan fingerprint density at radius 3 is 2.67 bits per heavy atom. The molecule has 1 aromatic rings. The van der Waals surface area contributed by atoms with E-state index < -0.39 is 5.82 Å². The molecule has 102 valence electrons. The number of anilines is 2. The molecular formula is C13H20ClFN2O. The summed E-state index contributed by atoms with van der Waals surface area (Å²) >= 11 is 5.70. The van der Waals surface area contributed by atoms with Crippen molar-refractivity contribution < 1.29 is 9.13 Å². The number of hydrogen-bond acceptors (Lipinski definition) is 3. The van der Waals surface area contributed by atoms with Crippen molar-refractivity contribution >= 4 is 23.0 Å². The smallest absolute Gasteiger partial charge is 0.144 e. The van der Waals surface area contributed by atoms with Gasteiger partial charge in [-0.05, 0) is 12.0 Å². The fourth-order valence-corrected chi connectivity index (χ4v) is 1.95. The van der Waals surface area contributed by atoms with E-state index in [2.05, 4.69) is 13.8 Å². The van der Waals surface area contributed by atoms with Crippen LogP contribution in [0.2, 0.25) is 5.02 Å². The second kappa shape index (κ2) is 6.81. The molecule has 1 aromatic carbocycles. The van der Waals surface area contributed by atoms with E-state index in [1.807, 2.05) is 4.90 Å². The number of benzene rings is 1. The first kappa shape index (κ1) is 15.1. The second-order valence-electron chi connectivity index (χ2n) is 4.66. The van der Waals surface area contributed by atoms with Gasteiger partial charge in [0.1, 0.15) is 5.82 Å². The number of halogens is 2. The van der Waals surface area contributed by atoms with Crippen LogP contribution in [0.15, 0.2) is 12.1 Å². The van der Waals surface area contributed by atoms with Crippen LogP contribution in [-0.4, -0.2) is 26.8 Å². The predicted molar refractivity (Wildman–Crippen MR) is 74.7 cm³/mol. The zero-order valence-corrected chi connectivity index (χ0v) is 11.8. The van der Waals surface area contributed by atoms with Crippen LogP contribution >= 0.6 is 11.6 Å². The topological polar surface area (TPSA) is 38.5 Å². The SMILES string of the molecule is COCCN(CC(C)C)c1cc(F)c(Cl)cc1N. The monoisotopic (exact) mass is 274 g/mol. The molecule has 0 atom stereocenters. The maximum absolute atomic E-state index is 13.5. The molecule has 18 heavy (non-hydrogen) atoms. The Labute approximate surface area is 113 Å². The van der Waals surface area contributed by atoms with Crippen molar-refractivity contribution in [3.63, 3.8) is 0 Å². The summed E-state index contributed by atoms with van der Waals surface area (Å²) in [5.41, 5.74) is 7.06. The minimum absolute atomic E-state index is 0.0486. The van der Waals surface area contributed by atoms with E-state index in [0.717, 1.165) is 6.54 Å². The van der Waals surface area contributed by atoms with Crippen LogP contribution in [0.5, 0.6) is 0 Å². The third-order valence-electron chi connectivity index (χ3n) is 2.56. The molecule has 0 unspecified atom stereocenters. The fourth-order valence-electron chi connectivity index (χ4n) is 1.78. The number of nitrogens with two attached hydrogens (primary N) is 1. The zero-order chi connectivity index (χ0) is 13.7. The Morgan fingerprint density at radius 1 is 1.44 bits per heavy atom. The lowest BCUT2D eigenvalue weighted by atomic mass is 10.1. The van der Waals surface area contributed by atoms with Gasteiger partial charge >= 0.3 is 0 Å². The maximum atomic E-state index is 13.5. The highest BCUT2D eigenvalue weighted by Crippen LogP contribution is 2.29. The Kier molecular flexibility index (Phi) is 5.69. The summed E-state index contributed by atoms with van der Waals surface area (Å²) in [7, 11) is 1.64. The molecule has 0 heterocycles. The second-order valence-corrected chi connectivity index (χ2v) is 5.06. The Balaban J connectivity index is 2.99. The Morgan fingerprint density at radius 2 is 2.11 bits per heavy atom.